The van der Waals surface area contributed by atoms with E-state index in [0.717, 1.165) is 40.0 Å². The van der Waals surface area contributed by atoms with E-state index in [4.69, 9.17) is 27.9 Å². The summed E-state index contributed by atoms with van der Waals surface area (Å²) in [6.45, 7) is 0.908. The minimum atomic E-state index is 0.0667. The van der Waals surface area contributed by atoms with Crippen LogP contribution in [0.3, 0.4) is 0 Å². The van der Waals surface area contributed by atoms with Crippen LogP contribution in [0.25, 0.3) is 10.9 Å². The number of hydrogen-bond acceptors (Lipinski definition) is 2. The Kier molecular flexibility index (Phi) is 4.65. The lowest BCUT2D eigenvalue weighted by molar-refractivity contribution is 0.414. The summed E-state index contributed by atoms with van der Waals surface area (Å²) in [5.74, 6) is 0.853. The lowest BCUT2D eigenvalue weighted by Gasteiger charge is -2.38. The van der Waals surface area contributed by atoms with Crippen LogP contribution in [0.1, 0.15) is 22.9 Å². The Hall–Kier alpha value is -2.62. The highest BCUT2D eigenvalue weighted by Crippen LogP contribution is 2.41. The molecular weight excluding hydrogens is 403 g/mol. The number of hydrogen-bond donors (Lipinski definition) is 1. The fourth-order valence-electron chi connectivity index (χ4n) is 4.30. The average molecular weight is 423 g/mol. The van der Waals surface area contributed by atoms with Gasteiger partial charge in [-0.15, -0.1) is 0 Å². The van der Waals surface area contributed by atoms with E-state index in [2.05, 4.69) is 46.3 Å². The van der Waals surface area contributed by atoms with Gasteiger partial charge in [-0.25, -0.2) is 0 Å². The number of halogens is 2. The Morgan fingerprint density at radius 3 is 2.38 bits per heavy atom. The fraction of sp³-hybridized carbons (Fsp3) is 0.167. The lowest BCUT2D eigenvalue weighted by Crippen LogP contribution is -2.36. The maximum atomic E-state index is 6.29. The number of nitrogens with zero attached hydrogens (tertiary/aromatic N) is 1. The molecule has 1 atom stereocenters. The Balaban J connectivity index is 1.69. The molecule has 0 fully saturated rings. The first-order valence-corrected chi connectivity index (χ1v) is 10.4. The fourth-order valence-corrected chi connectivity index (χ4v) is 4.60. The molecule has 5 rings (SSSR count). The molecule has 0 amide bonds. The van der Waals surface area contributed by atoms with Gasteiger partial charge >= 0.3 is 0 Å². The number of benzene rings is 3. The van der Waals surface area contributed by atoms with Gasteiger partial charge in [-0.3, -0.25) is 0 Å². The van der Waals surface area contributed by atoms with Crippen molar-refractivity contribution in [3.8, 4) is 5.75 Å². The summed E-state index contributed by atoms with van der Waals surface area (Å²) < 4.78 is 5.36. The maximum Gasteiger partial charge on any atom is 0.118 e. The SMILES string of the molecule is COc1ccc(C2c3[nH]c4ccc(Cl)cc4c3CCN2c2ccc(Cl)cc2)cc1. The molecule has 3 nitrogen and oxygen atoms in total. The van der Waals surface area contributed by atoms with Crippen molar-refractivity contribution in [1.29, 1.82) is 0 Å². The molecule has 1 N–H and O–H groups in total. The van der Waals surface area contributed by atoms with Crippen LogP contribution in [0.4, 0.5) is 5.69 Å². The molecule has 0 saturated carbocycles. The molecule has 0 spiro atoms. The molecule has 4 aromatic rings. The summed E-state index contributed by atoms with van der Waals surface area (Å²) in [5.41, 5.74) is 6.04. The highest BCUT2D eigenvalue weighted by atomic mass is 35.5. The van der Waals surface area contributed by atoms with Crippen LogP contribution in [0.15, 0.2) is 66.7 Å². The van der Waals surface area contributed by atoms with Gasteiger partial charge in [0.25, 0.3) is 0 Å². The van der Waals surface area contributed by atoms with Gasteiger partial charge in [0, 0.05) is 38.9 Å². The van der Waals surface area contributed by atoms with Gasteiger partial charge < -0.3 is 14.6 Å². The van der Waals surface area contributed by atoms with Gasteiger partial charge in [-0.2, -0.15) is 0 Å². The zero-order valence-electron chi connectivity index (χ0n) is 16.0. The Morgan fingerprint density at radius 2 is 1.66 bits per heavy atom. The number of fused-ring (bicyclic) bond motifs is 3. The Morgan fingerprint density at radius 1 is 0.931 bits per heavy atom. The van der Waals surface area contributed by atoms with Gasteiger partial charge in [0.05, 0.1) is 13.2 Å². The number of methoxy groups -OCH3 is 1. The monoisotopic (exact) mass is 422 g/mol. The zero-order valence-corrected chi connectivity index (χ0v) is 17.5. The summed E-state index contributed by atoms with van der Waals surface area (Å²) in [6, 6.07) is 22.5. The third kappa shape index (κ3) is 3.25. The predicted octanol–water partition coefficient (Wildman–Crippen LogP) is 6.64. The highest BCUT2D eigenvalue weighted by Gasteiger charge is 2.32. The molecule has 1 aliphatic rings. The van der Waals surface area contributed by atoms with Crippen molar-refractivity contribution in [2.75, 3.05) is 18.6 Å². The van der Waals surface area contributed by atoms with Crippen LogP contribution in [0.2, 0.25) is 10.0 Å². The summed E-state index contributed by atoms with van der Waals surface area (Å²) in [5, 5.41) is 2.72. The van der Waals surface area contributed by atoms with E-state index in [1.54, 1.807) is 7.11 Å². The minimum Gasteiger partial charge on any atom is -0.497 e. The van der Waals surface area contributed by atoms with E-state index in [-0.39, 0.29) is 6.04 Å². The van der Waals surface area contributed by atoms with E-state index in [9.17, 15) is 0 Å². The van der Waals surface area contributed by atoms with E-state index in [1.807, 2.05) is 30.3 Å². The van der Waals surface area contributed by atoms with Crippen molar-refractivity contribution in [1.82, 2.24) is 4.98 Å². The number of anilines is 1. The van der Waals surface area contributed by atoms with Crippen LogP contribution >= 0.6 is 23.2 Å². The first-order chi connectivity index (χ1) is 14.1. The van der Waals surface area contributed by atoms with Crippen molar-refractivity contribution < 1.29 is 4.74 Å². The van der Waals surface area contributed by atoms with E-state index in [0.29, 0.717) is 0 Å². The van der Waals surface area contributed by atoms with Crippen LogP contribution in [-0.2, 0) is 6.42 Å². The molecule has 3 aromatic carbocycles. The second-order valence-electron chi connectivity index (χ2n) is 7.30. The topological polar surface area (TPSA) is 28.3 Å². The number of aromatic nitrogens is 1. The van der Waals surface area contributed by atoms with E-state index < -0.39 is 0 Å². The molecule has 146 valence electrons. The minimum absolute atomic E-state index is 0.0667. The second-order valence-corrected chi connectivity index (χ2v) is 8.18. The van der Waals surface area contributed by atoms with Gasteiger partial charge in [0.1, 0.15) is 5.75 Å². The van der Waals surface area contributed by atoms with Crippen LogP contribution in [0, 0.1) is 0 Å². The van der Waals surface area contributed by atoms with Gasteiger partial charge in [-0.1, -0.05) is 35.3 Å². The molecule has 29 heavy (non-hydrogen) atoms. The first kappa shape index (κ1) is 18.4. The largest absolute Gasteiger partial charge is 0.497 e. The van der Waals surface area contributed by atoms with Crippen molar-refractivity contribution >= 4 is 39.8 Å². The van der Waals surface area contributed by atoms with E-state index >= 15 is 0 Å². The zero-order chi connectivity index (χ0) is 20.0. The van der Waals surface area contributed by atoms with Crippen molar-refractivity contribution in [3.05, 3.63) is 93.6 Å². The van der Waals surface area contributed by atoms with Crippen LogP contribution in [0.5, 0.6) is 5.75 Å². The predicted molar refractivity (Wildman–Crippen MR) is 121 cm³/mol. The molecule has 0 saturated heterocycles. The van der Waals surface area contributed by atoms with Crippen LogP contribution < -0.4 is 9.64 Å². The average Bonchev–Trinajstić information content (AvgIpc) is 3.11. The second kappa shape index (κ2) is 7.33. The van der Waals surface area contributed by atoms with Crippen LogP contribution in [-0.4, -0.2) is 18.6 Å². The molecule has 2 heterocycles. The first-order valence-electron chi connectivity index (χ1n) is 9.60. The van der Waals surface area contributed by atoms with Gasteiger partial charge in [-0.05, 0) is 72.1 Å². The molecule has 0 radical (unpaired) electrons. The third-order valence-electron chi connectivity index (χ3n) is 5.68. The Labute approximate surface area is 179 Å². The normalized spacial score (nSPS) is 16.1. The van der Waals surface area contributed by atoms with E-state index in [1.165, 1.54) is 22.2 Å². The summed E-state index contributed by atoms with van der Waals surface area (Å²) in [7, 11) is 1.69. The lowest BCUT2D eigenvalue weighted by atomic mass is 9.91. The molecule has 1 aliphatic heterocycles. The maximum absolute atomic E-state index is 6.29. The number of rotatable bonds is 3. The molecule has 5 heteroatoms. The molecule has 0 bridgehead atoms. The molecular formula is C24H20Cl2N2O. The van der Waals surface area contributed by atoms with Crippen molar-refractivity contribution in [2.24, 2.45) is 0 Å². The van der Waals surface area contributed by atoms with Crippen molar-refractivity contribution in [2.45, 2.75) is 12.5 Å². The Bertz CT molecular complexity index is 1170. The number of H-pyrrole nitrogens is 1. The standard InChI is InChI=1S/C24H20Cl2N2O/c1-29-19-9-2-15(3-10-19)24-23-20(21-14-17(26)6-11-22(21)27-23)12-13-28(24)18-7-4-16(25)5-8-18/h2-11,14,24,27H,12-13H2,1H3. The third-order valence-corrected chi connectivity index (χ3v) is 6.17. The summed E-state index contributed by atoms with van der Waals surface area (Å²) >= 11 is 12.4. The summed E-state index contributed by atoms with van der Waals surface area (Å²) in [4.78, 5) is 6.10. The molecule has 1 aromatic heterocycles. The van der Waals surface area contributed by atoms with Gasteiger partial charge in [0.2, 0.25) is 0 Å². The number of aromatic amines is 1. The molecule has 1 unspecified atom stereocenters. The smallest absolute Gasteiger partial charge is 0.118 e. The van der Waals surface area contributed by atoms with Gasteiger partial charge in [0.15, 0.2) is 0 Å². The number of nitrogens with one attached hydrogen (secondary N) is 1. The number of ether oxygens (including phenoxy) is 1. The van der Waals surface area contributed by atoms with Crippen molar-refractivity contribution in [3.63, 3.8) is 0 Å². The highest BCUT2D eigenvalue weighted by molar-refractivity contribution is 6.31. The molecule has 0 aliphatic carbocycles. The summed E-state index contributed by atoms with van der Waals surface area (Å²) in [6.07, 6.45) is 0.949. The quantitative estimate of drug-likeness (QED) is 0.400.